The lowest BCUT2D eigenvalue weighted by atomic mass is 10.1. The summed E-state index contributed by atoms with van der Waals surface area (Å²) in [5, 5.41) is 13.0. The number of carbonyl (C=O) groups excluding carboxylic acids is 1. The van der Waals surface area contributed by atoms with Crippen LogP contribution in [0.15, 0.2) is 72.9 Å². The standard InChI is InChI=1S/C35H59NO5S/c1-3-5-7-9-11-13-15-16-17-18-19-20-21-23-25-27-29-31-35(38)36-33(32-42(39,40)41)34(37)30-28-26-24-22-14-12-10-8-6-4-2/h5,7,11,13-14,16-17,19-20,22,28,30,33-34,37H,3-4,6,8-10,12,15,18,21,23-27,29,31-32H2,1-2H3,(H,36,38)(H,39,40,41)/b7-5-,13-11-,17-16-,20-19-,22-14+,30-28+. The molecule has 0 aromatic rings. The Balaban J connectivity index is 4.15. The summed E-state index contributed by atoms with van der Waals surface area (Å²) in [4.78, 5) is 12.4. The predicted octanol–water partition coefficient (Wildman–Crippen LogP) is 8.73. The highest BCUT2D eigenvalue weighted by molar-refractivity contribution is 7.85. The molecule has 0 radical (unpaired) electrons. The maximum absolute atomic E-state index is 12.4. The van der Waals surface area contributed by atoms with Gasteiger partial charge < -0.3 is 10.4 Å². The van der Waals surface area contributed by atoms with Crippen molar-refractivity contribution in [1.29, 1.82) is 0 Å². The maximum Gasteiger partial charge on any atom is 0.267 e. The molecule has 0 aliphatic heterocycles. The van der Waals surface area contributed by atoms with Crippen LogP contribution in [-0.4, -0.2) is 41.9 Å². The highest BCUT2D eigenvalue weighted by Gasteiger charge is 2.24. The van der Waals surface area contributed by atoms with Crippen LogP contribution in [0.2, 0.25) is 0 Å². The van der Waals surface area contributed by atoms with Crippen molar-refractivity contribution in [3.05, 3.63) is 72.9 Å². The van der Waals surface area contributed by atoms with E-state index in [1.807, 2.05) is 0 Å². The van der Waals surface area contributed by atoms with Crippen LogP contribution in [0.5, 0.6) is 0 Å². The quantitative estimate of drug-likeness (QED) is 0.0493. The predicted molar refractivity (Wildman–Crippen MR) is 179 cm³/mol. The molecule has 0 heterocycles. The van der Waals surface area contributed by atoms with Crippen LogP contribution in [0.4, 0.5) is 0 Å². The summed E-state index contributed by atoms with van der Waals surface area (Å²) in [5.74, 6) is -1.04. The number of aliphatic hydroxyl groups is 1. The van der Waals surface area contributed by atoms with Gasteiger partial charge in [0, 0.05) is 6.42 Å². The number of hydrogen-bond acceptors (Lipinski definition) is 4. The van der Waals surface area contributed by atoms with Crippen LogP contribution in [0.1, 0.15) is 123 Å². The third-order valence-corrected chi connectivity index (χ3v) is 7.40. The zero-order chi connectivity index (χ0) is 31.2. The zero-order valence-corrected chi connectivity index (χ0v) is 27.2. The molecule has 0 aromatic carbocycles. The van der Waals surface area contributed by atoms with E-state index in [1.54, 1.807) is 6.08 Å². The molecule has 6 nitrogen and oxygen atoms in total. The fourth-order valence-corrected chi connectivity index (χ4v) is 4.95. The minimum absolute atomic E-state index is 0.255. The minimum Gasteiger partial charge on any atom is -0.387 e. The Morgan fingerprint density at radius 1 is 0.667 bits per heavy atom. The lowest BCUT2D eigenvalue weighted by Gasteiger charge is -2.21. The van der Waals surface area contributed by atoms with Crippen molar-refractivity contribution < 1.29 is 22.9 Å². The SMILES string of the molecule is CC/C=C\C/C=C\C/C=C\C/C=C\CCCCCCC(=O)NC(CS(=O)(=O)O)C(O)/C=C/CC/C=C/CCCCCC. The smallest absolute Gasteiger partial charge is 0.267 e. The van der Waals surface area contributed by atoms with Gasteiger partial charge in [-0.05, 0) is 70.6 Å². The van der Waals surface area contributed by atoms with E-state index >= 15 is 0 Å². The Bertz CT molecular complexity index is 931. The Hall–Kier alpha value is -2.22. The van der Waals surface area contributed by atoms with Crippen molar-refractivity contribution in [3.63, 3.8) is 0 Å². The van der Waals surface area contributed by atoms with Crippen molar-refractivity contribution in [1.82, 2.24) is 5.32 Å². The van der Waals surface area contributed by atoms with Crippen LogP contribution in [-0.2, 0) is 14.9 Å². The van der Waals surface area contributed by atoms with Gasteiger partial charge in [0.1, 0.15) is 0 Å². The molecule has 3 N–H and O–H groups in total. The van der Waals surface area contributed by atoms with Gasteiger partial charge in [-0.25, -0.2) is 0 Å². The second kappa shape index (κ2) is 28.9. The molecule has 0 rings (SSSR count). The lowest BCUT2D eigenvalue weighted by molar-refractivity contribution is -0.122. The molecule has 0 saturated heterocycles. The first-order valence-electron chi connectivity index (χ1n) is 16.1. The number of nitrogens with one attached hydrogen (secondary N) is 1. The number of rotatable bonds is 27. The largest absolute Gasteiger partial charge is 0.387 e. The van der Waals surface area contributed by atoms with Gasteiger partial charge in [0.25, 0.3) is 10.1 Å². The topological polar surface area (TPSA) is 104 Å². The van der Waals surface area contributed by atoms with E-state index in [4.69, 9.17) is 0 Å². The van der Waals surface area contributed by atoms with Crippen molar-refractivity contribution in [3.8, 4) is 0 Å². The molecule has 0 saturated carbocycles. The number of aliphatic hydroxyl groups excluding tert-OH is 1. The van der Waals surface area contributed by atoms with E-state index in [0.29, 0.717) is 12.8 Å². The van der Waals surface area contributed by atoms with Crippen molar-refractivity contribution in [2.45, 2.75) is 135 Å². The van der Waals surface area contributed by atoms with Crippen molar-refractivity contribution >= 4 is 16.0 Å². The Morgan fingerprint density at radius 3 is 1.76 bits per heavy atom. The average Bonchev–Trinajstić information content (AvgIpc) is 2.94. The van der Waals surface area contributed by atoms with Gasteiger partial charge in [-0.3, -0.25) is 9.35 Å². The molecule has 0 aromatic heterocycles. The second-order valence-corrected chi connectivity index (χ2v) is 12.2. The highest BCUT2D eigenvalue weighted by Crippen LogP contribution is 2.09. The van der Waals surface area contributed by atoms with E-state index in [9.17, 15) is 22.9 Å². The lowest BCUT2D eigenvalue weighted by Crippen LogP contribution is -2.46. The molecule has 0 spiro atoms. The van der Waals surface area contributed by atoms with Gasteiger partial charge in [-0.1, -0.05) is 119 Å². The third kappa shape index (κ3) is 29.3. The van der Waals surface area contributed by atoms with Crippen molar-refractivity contribution in [2.24, 2.45) is 0 Å². The molecule has 2 atom stereocenters. The molecule has 0 bridgehead atoms. The average molecular weight is 606 g/mol. The molecule has 240 valence electrons. The van der Waals surface area contributed by atoms with Gasteiger partial charge in [0.05, 0.1) is 17.9 Å². The number of unbranched alkanes of at least 4 members (excludes halogenated alkanes) is 9. The summed E-state index contributed by atoms with van der Waals surface area (Å²) in [7, 11) is -4.35. The first kappa shape index (κ1) is 39.8. The summed E-state index contributed by atoms with van der Waals surface area (Å²) >= 11 is 0. The molecule has 7 heteroatoms. The normalized spacial score (nSPS) is 14.5. The molecular formula is C35H59NO5S. The van der Waals surface area contributed by atoms with Gasteiger partial charge in [0.2, 0.25) is 5.91 Å². The Kier molecular flexibility index (Phi) is 27.4. The molecule has 2 unspecified atom stereocenters. The van der Waals surface area contributed by atoms with Gasteiger partial charge in [0.15, 0.2) is 0 Å². The van der Waals surface area contributed by atoms with E-state index in [1.165, 1.54) is 31.8 Å². The first-order chi connectivity index (χ1) is 20.3. The third-order valence-electron chi connectivity index (χ3n) is 6.62. The summed E-state index contributed by atoms with van der Waals surface area (Å²) in [5.41, 5.74) is 0. The fraction of sp³-hybridized carbons (Fsp3) is 0.629. The van der Waals surface area contributed by atoms with Gasteiger partial charge in [-0.15, -0.1) is 0 Å². The molecule has 1 amide bonds. The van der Waals surface area contributed by atoms with Crippen LogP contribution < -0.4 is 5.32 Å². The first-order valence-corrected chi connectivity index (χ1v) is 17.7. The van der Waals surface area contributed by atoms with E-state index in [-0.39, 0.29) is 12.3 Å². The second-order valence-electron chi connectivity index (χ2n) is 10.7. The maximum atomic E-state index is 12.4. The van der Waals surface area contributed by atoms with Gasteiger partial charge >= 0.3 is 0 Å². The number of carbonyl (C=O) groups is 1. The minimum atomic E-state index is -4.35. The van der Waals surface area contributed by atoms with Crippen LogP contribution in [0.25, 0.3) is 0 Å². The Labute approximate surface area is 257 Å². The molecular weight excluding hydrogens is 546 g/mol. The van der Waals surface area contributed by atoms with E-state index in [0.717, 1.165) is 64.2 Å². The van der Waals surface area contributed by atoms with Crippen LogP contribution in [0, 0.1) is 0 Å². The zero-order valence-electron chi connectivity index (χ0n) is 26.3. The van der Waals surface area contributed by atoms with Gasteiger partial charge in [-0.2, -0.15) is 8.42 Å². The molecule has 0 aliphatic rings. The summed E-state index contributed by atoms with van der Waals surface area (Å²) in [6, 6.07) is -1.09. The summed E-state index contributed by atoms with van der Waals surface area (Å²) in [6.07, 6.45) is 40.3. The van der Waals surface area contributed by atoms with E-state index in [2.05, 4.69) is 79.9 Å². The fourth-order valence-electron chi connectivity index (χ4n) is 4.22. The summed E-state index contributed by atoms with van der Waals surface area (Å²) < 4.78 is 32.2. The monoisotopic (exact) mass is 605 g/mol. The van der Waals surface area contributed by atoms with Crippen LogP contribution >= 0.6 is 0 Å². The van der Waals surface area contributed by atoms with Crippen LogP contribution in [0.3, 0.4) is 0 Å². The van der Waals surface area contributed by atoms with Crippen molar-refractivity contribution in [2.75, 3.05) is 5.75 Å². The summed E-state index contributed by atoms with van der Waals surface area (Å²) in [6.45, 7) is 4.33. The molecule has 0 fully saturated rings. The number of allylic oxidation sites excluding steroid dienone is 11. The number of amides is 1. The van der Waals surface area contributed by atoms with E-state index < -0.39 is 28.0 Å². The molecule has 42 heavy (non-hydrogen) atoms. The Morgan fingerprint density at radius 2 is 1.17 bits per heavy atom. The molecule has 0 aliphatic carbocycles. The highest BCUT2D eigenvalue weighted by atomic mass is 32.2. The number of hydrogen-bond donors (Lipinski definition) is 3.